The van der Waals surface area contributed by atoms with Crippen molar-refractivity contribution in [1.82, 2.24) is 35.1 Å². The van der Waals surface area contributed by atoms with Crippen LogP contribution in [0.2, 0.25) is 0 Å². The topological polar surface area (TPSA) is 207 Å². The van der Waals surface area contributed by atoms with Gasteiger partial charge in [-0.15, -0.1) is 0 Å². The van der Waals surface area contributed by atoms with Crippen molar-refractivity contribution in [1.29, 1.82) is 0 Å². The highest BCUT2D eigenvalue weighted by Crippen LogP contribution is 2.32. The highest BCUT2D eigenvalue weighted by atomic mass is 16.6. The summed E-state index contributed by atoms with van der Waals surface area (Å²) in [6.45, 7) is 3.62. The highest BCUT2D eigenvalue weighted by Gasteiger charge is 2.47. The van der Waals surface area contributed by atoms with Crippen LogP contribution in [0.25, 0.3) is 11.2 Å². The van der Waals surface area contributed by atoms with Crippen LogP contribution in [0.15, 0.2) is 6.33 Å². The van der Waals surface area contributed by atoms with Crippen LogP contribution in [0, 0.1) is 17.8 Å². The Kier molecular flexibility index (Phi) is 8.01. The van der Waals surface area contributed by atoms with Crippen molar-refractivity contribution < 1.29 is 34.1 Å². The molecule has 0 spiro atoms. The molecule has 15 heteroatoms. The van der Waals surface area contributed by atoms with E-state index in [0.29, 0.717) is 39.0 Å². The van der Waals surface area contributed by atoms with Crippen molar-refractivity contribution in [2.75, 3.05) is 31.9 Å². The lowest BCUT2D eigenvalue weighted by Crippen LogP contribution is -2.42. The Labute approximate surface area is 229 Å². The first-order chi connectivity index (χ1) is 19.3. The van der Waals surface area contributed by atoms with E-state index in [2.05, 4.69) is 37.4 Å². The van der Waals surface area contributed by atoms with Gasteiger partial charge in [0.2, 0.25) is 5.82 Å². The number of imidazole rings is 1. The SMILES string of the molecule is CCNC(=O)[C@H]1O[C@@H](n2cnc3c(N)nc(C#CCC4CCN(C(=O)OC5CCNC5=O)CC4)nc32)[C@@H](O)C1O. The molecule has 5 heterocycles. The van der Waals surface area contributed by atoms with Gasteiger partial charge in [0, 0.05) is 39.0 Å². The minimum Gasteiger partial charge on any atom is -0.436 e. The molecule has 0 saturated carbocycles. The number of anilines is 1. The Bertz CT molecular complexity index is 1350. The lowest BCUT2D eigenvalue weighted by molar-refractivity contribution is -0.137. The second kappa shape index (κ2) is 11.6. The average molecular weight is 557 g/mol. The maximum atomic E-state index is 12.4. The molecule has 0 aliphatic carbocycles. The number of ether oxygens (including phenoxy) is 2. The van der Waals surface area contributed by atoms with Gasteiger partial charge in [-0.25, -0.2) is 19.7 Å². The monoisotopic (exact) mass is 556 g/mol. The fraction of sp³-hybridized carbons (Fsp3) is 0.600. The molecule has 40 heavy (non-hydrogen) atoms. The summed E-state index contributed by atoms with van der Waals surface area (Å²) < 4.78 is 12.4. The number of aliphatic hydroxyl groups is 2. The van der Waals surface area contributed by atoms with Crippen LogP contribution in [-0.4, -0.2) is 103 Å². The summed E-state index contributed by atoms with van der Waals surface area (Å²) in [4.78, 5) is 50.7. The van der Waals surface area contributed by atoms with Gasteiger partial charge in [-0.3, -0.25) is 14.2 Å². The molecule has 2 unspecified atom stereocenters. The van der Waals surface area contributed by atoms with E-state index in [1.54, 1.807) is 11.8 Å². The normalized spacial score (nSPS) is 26.8. The van der Waals surface area contributed by atoms with E-state index >= 15 is 0 Å². The molecule has 2 aromatic rings. The fourth-order valence-electron chi connectivity index (χ4n) is 5.04. The van der Waals surface area contributed by atoms with Gasteiger partial charge in [0.25, 0.3) is 11.8 Å². The van der Waals surface area contributed by atoms with E-state index in [4.69, 9.17) is 15.2 Å². The van der Waals surface area contributed by atoms with Crippen molar-refractivity contribution in [3.05, 3.63) is 12.2 Å². The van der Waals surface area contributed by atoms with Gasteiger partial charge < -0.3 is 41.0 Å². The number of amides is 3. The van der Waals surface area contributed by atoms with Gasteiger partial charge >= 0.3 is 6.09 Å². The number of nitrogens with one attached hydrogen (secondary N) is 2. The number of piperidine rings is 1. The number of nitrogen functional groups attached to an aromatic ring is 1. The standard InChI is InChI=1S/C25H32N8O7/c1-2-27-23(37)19-17(34)18(35)24(40-19)33-12-29-16-20(26)30-15(31-21(16)33)5-3-4-13-7-10-32(11-8-13)25(38)39-14-6-9-28-22(14)36/h12-14,17-19,24,34-35H,2,4,6-11H2,1H3,(H,27,37)(H,28,36)(H2,26,30,31)/t14?,17?,18-,19-,24+/m0/s1. The summed E-state index contributed by atoms with van der Waals surface area (Å²) in [5.41, 5.74) is 6.60. The Morgan fingerprint density at radius 1 is 1.25 bits per heavy atom. The van der Waals surface area contributed by atoms with Crippen molar-refractivity contribution >= 4 is 34.9 Å². The Balaban J connectivity index is 1.21. The number of carbonyl (C=O) groups is 3. The predicted molar refractivity (Wildman–Crippen MR) is 138 cm³/mol. The van der Waals surface area contributed by atoms with Crippen LogP contribution >= 0.6 is 0 Å². The van der Waals surface area contributed by atoms with E-state index in [0.717, 1.165) is 12.8 Å². The lowest BCUT2D eigenvalue weighted by Gasteiger charge is -2.31. The highest BCUT2D eigenvalue weighted by molar-refractivity contribution is 5.85. The fourth-order valence-corrected chi connectivity index (χ4v) is 5.04. The molecule has 6 N–H and O–H groups in total. The van der Waals surface area contributed by atoms with Crippen LogP contribution in [0.1, 0.15) is 44.7 Å². The molecular weight excluding hydrogens is 524 g/mol. The van der Waals surface area contributed by atoms with Gasteiger partial charge in [0.15, 0.2) is 29.9 Å². The van der Waals surface area contributed by atoms with E-state index in [1.807, 2.05) is 0 Å². The Morgan fingerprint density at radius 3 is 2.73 bits per heavy atom. The maximum absolute atomic E-state index is 12.4. The molecule has 3 aliphatic rings. The van der Waals surface area contributed by atoms with Gasteiger partial charge in [0.05, 0.1) is 6.33 Å². The first-order valence-corrected chi connectivity index (χ1v) is 13.3. The quantitative estimate of drug-likeness (QED) is 0.272. The number of aliphatic hydroxyl groups excluding tert-OH is 2. The number of hydrogen-bond donors (Lipinski definition) is 5. The van der Waals surface area contributed by atoms with Crippen LogP contribution in [0.4, 0.5) is 10.6 Å². The van der Waals surface area contributed by atoms with Crippen molar-refractivity contribution in [3.8, 4) is 11.8 Å². The third-order valence-electron chi connectivity index (χ3n) is 7.28. The summed E-state index contributed by atoms with van der Waals surface area (Å²) >= 11 is 0. The molecule has 5 atom stereocenters. The van der Waals surface area contributed by atoms with E-state index in [9.17, 15) is 24.6 Å². The van der Waals surface area contributed by atoms with Crippen molar-refractivity contribution in [2.24, 2.45) is 5.92 Å². The average Bonchev–Trinajstić information content (AvgIpc) is 3.62. The van der Waals surface area contributed by atoms with Gasteiger partial charge in [-0.1, -0.05) is 5.92 Å². The summed E-state index contributed by atoms with van der Waals surface area (Å²) in [6.07, 6.45) is -2.54. The molecule has 5 rings (SSSR count). The molecular formula is C25H32N8O7. The largest absolute Gasteiger partial charge is 0.436 e. The second-order valence-electron chi connectivity index (χ2n) is 9.97. The number of nitrogens with zero attached hydrogens (tertiary/aromatic N) is 5. The molecule has 0 radical (unpaired) electrons. The van der Waals surface area contributed by atoms with Gasteiger partial charge in [0.1, 0.15) is 17.7 Å². The second-order valence-corrected chi connectivity index (χ2v) is 9.97. The molecule has 3 saturated heterocycles. The van der Waals surface area contributed by atoms with Gasteiger partial charge in [-0.05, 0) is 31.6 Å². The van der Waals surface area contributed by atoms with Crippen LogP contribution in [0.3, 0.4) is 0 Å². The molecule has 3 aliphatic heterocycles. The molecule has 0 bridgehead atoms. The smallest absolute Gasteiger partial charge is 0.410 e. The third kappa shape index (κ3) is 5.51. The zero-order valence-electron chi connectivity index (χ0n) is 21.9. The molecule has 3 fully saturated rings. The molecule has 3 amide bonds. The Morgan fingerprint density at radius 2 is 2.02 bits per heavy atom. The zero-order chi connectivity index (χ0) is 28.4. The van der Waals surface area contributed by atoms with E-state index in [1.165, 1.54) is 10.9 Å². The van der Waals surface area contributed by atoms with Crippen LogP contribution in [-0.2, 0) is 19.1 Å². The molecule has 214 valence electrons. The van der Waals surface area contributed by atoms with Crippen molar-refractivity contribution in [2.45, 2.75) is 63.3 Å². The van der Waals surface area contributed by atoms with Crippen LogP contribution in [0.5, 0.6) is 0 Å². The number of hydrogen-bond acceptors (Lipinski definition) is 11. The summed E-state index contributed by atoms with van der Waals surface area (Å²) in [5.74, 6) is 5.71. The number of likely N-dealkylation sites (N-methyl/N-ethyl adjacent to an activating group) is 1. The minimum atomic E-state index is -1.44. The zero-order valence-corrected chi connectivity index (χ0v) is 21.9. The summed E-state index contributed by atoms with van der Waals surface area (Å²) in [7, 11) is 0. The first-order valence-electron chi connectivity index (χ1n) is 13.3. The number of rotatable bonds is 5. The molecule has 15 nitrogen and oxygen atoms in total. The predicted octanol–water partition coefficient (Wildman–Crippen LogP) is -1.36. The van der Waals surface area contributed by atoms with Crippen LogP contribution < -0.4 is 16.4 Å². The number of carbonyl (C=O) groups excluding carboxylic acids is 3. The number of likely N-dealkylation sites (tertiary alicyclic amines) is 1. The van der Waals surface area contributed by atoms with Gasteiger partial charge in [-0.2, -0.15) is 0 Å². The number of fused-ring (bicyclic) bond motifs is 1. The van der Waals surface area contributed by atoms with E-state index in [-0.39, 0.29) is 34.6 Å². The van der Waals surface area contributed by atoms with Crippen molar-refractivity contribution in [3.63, 3.8) is 0 Å². The molecule has 2 aromatic heterocycles. The maximum Gasteiger partial charge on any atom is 0.410 e. The minimum absolute atomic E-state index is 0.0872. The number of aromatic nitrogens is 4. The third-order valence-corrected chi connectivity index (χ3v) is 7.28. The van der Waals surface area contributed by atoms with E-state index < -0.39 is 42.6 Å². The summed E-state index contributed by atoms with van der Waals surface area (Å²) in [5, 5.41) is 26.2. The lowest BCUT2D eigenvalue weighted by atomic mass is 9.94. The number of nitrogens with two attached hydrogens (primary N) is 1. The Hall–Kier alpha value is -4.00. The molecule has 0 aromatic carbocycles. The first kappa shape index (κ1) is 27.6. The summed E-state index contributed by atoms with van der Waals surface area (Å²) in [6, 6.07) is 0.